The predicted molar refractivity (Wildman–Crippen MR) is 130 cm³/mol. The first-order valence-corrected chi connectivity index (χ1v) is 12.5. The van der Waals surface area contributed by atoms with Crippen LogP contribution in [0.1, 0.15) is 76.3 Å². The lowest BCUT2D eigenvalue weighted by Crippen LogP contribution is -2.56. The lowest BCUT2D eigenvalue weighted by atomic mass is 9.74. The molecular formula is C29H35NO3. The van der Waals surface area contributed by atoms with E-state index in [1.165, 1.54) is 22.3 Å². The van der Waals surface area contributed by atoms with E-state index >= 15 is 0 Å². The first-order chi connectivity index (χ1) is 15.8. The van der Waals surface area contributed by atoms with Crippen molar-refractivity contribution in [2.75, 3.05) is 6.61 Å². The van der Waals surface area contributed by atoms with E-state index in [9.17, 15) is 9.59 Å². The first kappa shape index (κ1) is 22.2. The van der Waals surface area contributed by atoms with Gasteiger partial charge in [-0.3, -0.25) is 4.79 Å². The number of ether oxygens (including phenoxy) is 1. The van der Waals surface area contributed by atoms with E-state index in [-0.39, 0.29) is 35.4 Å². The molecular weight excluding hydrogens is 410 g/mol. The second-order valence-electron chi connectivity index (χ2n) is 11.3. The van der Waals surface area contributed by atoms with Crippen LogP contribution >= 0.6 is 0 Å². The SMILES string of the molecule is CC(C)(C)CC(=O)C1CC2CCCC(C1)N2C(=O)OCC1c2ccccc2-c2ccccc21. The van der Waals surface area contributed by atoms with Crippen molar-refractivity contribution in [3.05, 3.63) is 59.7 Å². The number of fused-ring (bicyclic) bond motifs is 5. The lowest BCUT2D eigenvalue weighted by molar-refractivity contribution is -0.128. The molecule has 2 bridgehead atoms. The van der Waals surface area contributed by atoms with Crippen LogP contribution in [0.15, 0.2) is 48.5 Å². The van der Waals surface area contributed by atoms with E-state index in [2.05, 4.69) is 69.3 Å². The normalized spacial score (nSPS) is 24.2. The smallest absolute Gasteiger partial charge is 0.410 e. The van der Waals surface area contributed by atoms with Crippen LogP contribution in [0.5, 0.6) is 0 Å². The van der Waals surface area contributed by atoms with Gasteiger partial charge in [0.1, 0.15) is 12.4 Å². The number of carbonyl (C=O) groups excluding carboxylic acids is 2. The molecule has 2 aromatic carbocycles. The summed E-state index contributed by atoms with van der Waals surface area (Å²) in [6.45, 7) is 6.72. The fraction of sp³-hybridized carbons (Fsp3) is 0.517. The van der Waals surface area contributed by atoms with Gasteiger partial charge in [-0.1, -0.05) is 69.3 Å². The molecule has 2 fully saturated rings. The fourth-order valence-corrected chi connectivity index (χ4v) is 6.28. The molecule has 2 heterocycles. The monoisotopic (exact) mass is 445 g/mol. The van der Waals surface area contributed by atoms with Gasteiger partial charge in [-0.05, 0) is 59.8 Å². The van der Waals surface area contributed by atoms with Crippen molar-refractivity contribution < 1.29 is 14.3 Å². The number of piperidine rings is 2. The standard InChI is InChI=1S/C29H35NO3/c1-29(2,3)17-27(31)19-15-20-9-8-10-21(16-19)30(20)28(32)33-18-26-24-13-6-4-11-22(24)23-12-5-7-14-25(23)26/h4-7,11-14,19-21,26H,8-10,15-18H2,1-3H3. The molecule has 5 rings (SSSR count). The van der Waals surface area contributed by atoms with Gasteiger partial charge in [0, 0.05) is 30.3 Å². The molecule has 174 valence electrons. The maximum absolute atomic E-state index is 13.3. The Balaban J connectivity index is 1.28. The Bertz CT molecular complexity index is 993. The van der Waals surface area contributed by atoms with Crippen LogP contribution in [0.4, 0.5) is 4.79 Å². The van der Waals surface area contributed by atoms with Crippen molar-refractivity contribution >= 4 is 11.9 Å². The third-order valence-corrected chi connectivity index (χ3v) is 7.68. The molecule has 33 heavy (non-hydrogen) atoms. The van der Waals surface area contributed by atoms with Gasteiger partial charge < -0.3 is 9.64 Å². The van der Waals surface area contributed by atoms with Crippen LogP contribution in [-0.4, -0.2) is 35.5 Å². The minimum absolute atomic E-state index is 0.0100. The Hall–Kier alpha value is -2.62. The number of hydrogen-bond donors (Lipinski definition) is 0. The van der Waals surface area contributed by atoms with E-state index in [1.807, 2.05) is 4.90 Å². The van der Waals surface area contributed by atoms with Crippen molar-refractivity contribution in [3.63, 3.8) is 0 Å². The van der Waals surface area contributed by atoms with E-state index in [0.29, 0.717) is 18.8 Å². The topological polar surface area (TPSA) is 46.6 Å². The summed E-state index contributed by atoms with van der Waals surface area (Å²) in [5.41, 5.74) is 4.96. The number of rotatable bonds is 4. The molecule has 4 heteroatoms. The quantitative estimate of drug-likeness (QED) is 0.534. The number of hydrogen-bond acceptors (Lipinski definition) is 3. The molecule has 4 nitrogen and oxygen atoms in total. The van der Waals surface area contributed by atoms with Gasteiger partial charge in [0.05, 0.1) is 0 Å². The molecule has 0 radical (unpaired) electrons. The van der Waals surface area contributed by atoms with Gasteiger partial charge >= 0.3 is 6.09 Å². The maximum atomic E-state index is 13.3. The Morgan fingerprint density at radius 1 is 0.909 bits per heavy atom. The van der Waals surface area contributed by atoms with Crippen molar-refractivity contribution in [1.29, 1.82) is 0 Å². The third kappa shape index (κ3) is 4.32. The minimum Gasteiger partial charge on any atom is -0.448 e. The highest BCUT2D eigenvalue weighted by molar-refractivity contribution is 5.82. The van der Waals surface area contributed by atoms with Gasteiger partial charge in [-0.25, -0.2) is 4.79 Å². The van der Waals surface area contributed by atoms with Gasteiger partial charge in [-0.15, -0.1) is 0 Å². The number of amides is 1. The predicted octanol–water partition coefficient (Wildman–Crippen LogP) is 6.57. The molecule has 0 aromatic heterocycles. The Morgan fingerprint density at radius 2 is 1.45 bits per heavy atom. The molecule has 2 unspecified atom stereocenters. The average molecular weight is 446 g/mol. The number of carbonyl (C=O) groups is 2. The minimum atomic E-state index is -0.201. The summed E-state index contributed by atoms with van der Waals surface area (Å²) in [6, 6.07) is 17.1. The second-order valence-corrected chi connectivity index (χ2v) is 11.3. The zero-order valence-corrected chi connectivity index (χ0v) is 20.0. The Morgan fingerprint density at radius 3 is 2.00 bits per heavy atom. The Labute approximate surface area is 197 Å². The summed E-state index contributed by atoms with van der Waals surface area (Å²) in [4.78, 5) is 28.2. The molecule has 1 amide bonds. The summed E-state index contributed by atoms with van der Waals surface area (Å²) in [5, 5.41) is 0. The highest BCUT2D eigenvalue weighted by Gasteiger charge is 2.44. The van der Waals surface area contributed by atoms with Crippen molar-refractivity contribution in [2.45, 2.75) is 77.3 Å². The molecule has 0 N–H and O–H groups in total. The van der Waals surface area contributed by atoms with Crippen molar-refractivity contribution in [2.24, 2.45) is 11.3 Å². The molecule has 2 atom stereocenters. The molecule has 0 saturated carbocycles. The van der Waals surface area contributed by atoms with Crippen LogP contribution in [0, 0.1) is 11.3 Å². The molecule has 2 aromatic rings. The Kier molecular flexibility index (Phi) is 5.80. The summed E-state index contributed by atoms with van der Waals surface area (Å²) in [7, 11) is 0. The van der Waals surface area contributed by atoms with Crippen LogP contribution in [0.2, 0.25) is 0 Å². The highest BCUT2D eigenvalue weighted by atomic mass is 16.6. The number of Topliss-reactive ketones (excluding diaryl/α,β-unsaturated/α-hetero) is 1. The zero-order valence-electron chi connectivity index (χ0n) is 20.0. The van der Waals surface area contributed by atoms with E-state index in [0.717, 1.165) is 32.1 Å². The van der Waals surface area contributed by atoms with Crippen LogP contribution in [-0.2, 0) is 9.53 Å². The van der Waals surface area contributed by atoms with E-state index in [4.69, 9.17) is 4.74 Å². The molecule has 0 spiro atoms. The number of benzene rings is 2. The highest BCUT2D eigenvalue weighted by Crippen LogP contribution is 2.45. The number of nitrogens with zero attached hydrogens (tertiary/aromatic N) is 1. The first-order valence-electron chi connectivity index (χ1n) is 12.5. The van der Waals surface area contributed by atoms with E-state index < -0.39 is 0 Å². The van der Waals surface area contributed by atoms with Crippen LogP contribution < -0.4 is 0 Å². The second kappa shape index (κ2) is 8.62. The summed E-state index contributed by atoms with van der Waals surface area (Å²) in [5.74, 6) is 0.524. The van der Waals surface area contributed by atoms with Gasteiger partial charge in [-0.2, -0.15) is 0 Å². The van der Waals surface area contributed by atoms with Gasteiger partial charge in [0.25, 0.3) is 0 Å². The van der Waals surface area contributed by atoms with Gasteiger partial charge in [0.2, 0.25) is 0 Å². The summed E-state index contributed by atoms with van der Waals surface area (Å²) >= 11 is 0. The van der Waals surface area contributed by atoms with Crippen LogP contribution in [0.25, 0.3) is 11.1 Å². The van der Waals surface area contributed by atoms with Crippen molar-refractivity contribution in [1.82, 2.24) is 4.90 Å². The molecule has 1 aliphatic carbocycles. The van der Waals surface area contributed by atoms with E-state index in [1.54, 1.807) is 0 Å². The van der Waals surface area contributed by atoms with Gasteiger partial charge in [0.15, 0.2) is 0 Å². The zero-order chi connectivity index (χ0) is 23.2. The number of ketones is 1. The van der Waals surface area contributed by atoms with Crippen molar-refractivity contribution in [3.8, 4) is 11.1 Å². The summed E-state index contributed by atoms with van der Waals surface area (Å²) in [6.07, 6.45) is 5.06. The third-order valence-electron chi connectivity index (χ3n) is 7.68. The largest absolute Gasteiger partial charge is 0.448 e. The molecule has 2 aliphatic heterocycles. The average Bonchev–Trinajstić information content (AvgIpc) is 3.09. The van der Waals surface area contributed by atoms with Crippen LogP contribution in [0.3, 0.4) is 0 Å². The molecule has 2 saturated heterocycles. The molecule has 3 aliphatic rings. The summed E-state index contributed by atoms with van der Waals surface area (Å²) < 4.78 is 5.99. The lowest BCUT2D eigenvalue weighted by Gasteiger charge is -2.48. The maximum Gasteiger partial charge on any atom is 0.410 e. The fourth-order valence-electron chi connectivity index (χ4n) is 6.28.